The molecular weight excluding hydrogens is 288 g/mol. The van der Waals surface area contributed by atoms with Crippen molar-refractivity contribution >= 4 is 17.4 Å². The van der Waals surface area contributed by atoms with Crippen LogP contribution in [0.1, 0.15) is 31.7 Å². The molecule has 0 fully saturated rings. The molecule has 0 atom stereocenters. The lowest BCUT2D eigenvalue weighted by Gasteiger charge is -2.06. The molecular formula is C14H18N4O2S. The average molecular weight is 306 g/mol. The Balaban J connectivity index is 2.09. The number of nitro benzene ring substituents is 1. The summed E-state index contributed by atoms with van der Waals surface area (Å²) < 4.78 is 2.10. The fourth-order valence-electron chi connectivity index (χ4n) is 2.06. The Kier molecular flexibility index (Phi) is 5.32. The van der Waals surface area contributed by atoms with Crippen molar-refractivity contribution in [3.05, 3.63) is 45.8 Å². The van der Waals surface area contributed by atoms with E-state index in [1.165, 1.54) is 6.07 Å². The van der Waals surface area contributed by atoms with Crippen LogP contribution in [0.2, 0.25) is 0 Å². The smallest absolute Gasteiger partial charge is 0.269 e. The quantitative estimate of drug-likeness (QED) is 0.445. The Morgan fingerprint density at radius 2 is 2.14 bits per heavy atom. The molecule has 0 aliphatic carbocycles. The molecule has 0 aliphatic rings. The molecule has 0 bridgehead atoms. The molecule has 21 heavy (non-hydrogen) atoms. The number of rotatable bonds is 7. The van der Waals surface area contributed by atoms with Gasteiger partial charge in [0.2, 0.25) is 0 Å². The molecule has 1 heterocycles. The Labute approximate surface area is 127 Å². The molecule has 1 aromatic carbocycles. The predicted molar refractivity (Wildman–Crippen MR) is 82.3 cm³/mol. The molecule has 0 aliphatic heterocycles. The standard InChI is InChI=1S/C14H18N4O2S/c1-3-6-13-15-16-14(17(13)4-2)21-10-11-7-5-8-12(9-11)18(19)20/h5,7-9H,3-4,6,10H2,1-2H3. The molecule has 2 rings (SSSR count). The molecule has 1 aromatic heterocycles. The van der Waals surface area contributed by atoms with Crippen LogP contribution in [0.5, 0.6) is 0 Å². The number of aryl methyl sites for hydroxylation is 1. The van der Waals surface area contributed by atoms with Gasteiger partial charge in [-0.1, -0.05) is 30.8 Å². The van der Waals surface area contributed by atoms with Crippen LogP contribution in [0.25, 0.3) is 0 Å². The Bertz CT molecular complexity index is 627. The summed E-state index contributed by atoms with van der Waals surface area (Å²) in [5.74, 6) is 1.65. The van der Waals surface area contributed by atoms with Gasteiger partial charge in [-0.3, -0.25) is 10.1 Å². The Morgan fingerprint density at radius 1 is 1.33 bits per heavy atom. The van der Waals surface area contributed by atoms with E-state index in [1.54, 1.807) is 23.9 Å². The number of hydrogen-bond acceptors (Lipinski definition) is 5. The lowest BCUT2D eigenvalue weighted by Crippen LogP contribution is -2.03. The van der Waals surface area contributed by atoms with Crippen LogP contribution >= 0.6 is 11.8 Å². The summed E-state index contributed by atoms with van der Waals surface area (Å²) in [6, 6.07) is 6.70. The first kappa shape index (κ1) is 15.5. The molecule has 0 saturated heterocycles. The number of thioether (sulfide) groups is 1. The van der Waals surface area contributed by atoms with E-state index in [0.29, 0.717) is 5.75 Å². The average Bonchev–Trinajstić information content (AvgIpc) is 2.87. The zero-order valence-electron chi connectivity index (χ0n) is 12.2. The molecule has 7 heteroatoms. The van der Waals surface area contributed by atoms with Crippen molar-refractivity contribution in [2.75, 3.05) is 0 Å². The molecule has 0 amide bonds. The molecule has 2 aromatic rings. The Hall–Kier alpha value is -1.89. The molecule has 0 N–H and O–H groups in total. The molecule has 0 spiro atoms. The predicted octanol–water partition coefficient (Wildman–Crippen LogP) is 3.45. The van der Waals surface area contributed by atoms with E-state index < -0.39 is 0 Å². The maximum absolute atomic E-state index is 10.8. The maximum atomic E-state index is 10.8. The summed E-state index contributed by atoms with van der Waals surface area (Å²) in [5, 5.41) is 20.1. The summed E-state index contributed by atoms with van der Waals surface area (Å²) in [4.78, 5) is 10.4. The number of non-ortho nitro benzene ring substituents is 1. The van der Waals surface area contributed by atoms with Gasteiger partial charge in [0, 0.05) is 30.9 Å². The highest BCUT2D eigenvalue weighted by atomic mass is 32.2. The number of benzene rings is 1. The fourth-order valence-corrected chi connectivity index (χ4v) is 3.02. The van der Waals surface area contributed by atoms with E-state index in [9.17, 15) is 10.1 Å². The summed E-state index contributed by atoms with van der Waals surface area (Å²) in [7, 11) is 0. The zero-order valence-corrected chi connectivity index (χ0v) is 13.0. The second-order valence-electron chi connectivity index (χ2n) is 4.61. The van der Waals surface area contributed by atoms with Gasteiger partial charge in [-0.2, -0.15) is 0 Å². The monoisotopic (exact) mass is 306 g/mol. The third-order valence-corrected chi connectivity index (χ3v) is 4.11. The number of aromatic nitrogens is 3. The van der Waals surface area contributed by atoms with Crippen LogP contribution in [-0.2, 0) is 18.7 Å². The third-order valence-electron chi connectivity index (χ3n) is 3.07. The third kappa shape index (κ3) is 3.81. The van der Waals surface area contributed by atoms with Crippen molar-refractivity contribution < 1.29 is 4.92 Å². The number of nitrogens with zero attached hydrogens (tertiary/aromatic N) is 4. The van der Waals surface area contributed by atoms with Crippen molar-refractivity contribution in [1.29, 1.82) is 0 Å². The SMILES string of the molecule is CCCc1nnc(SCc2cccc([N+](=O)[O-])c2)n1CC. The van der Waals surface area contributed by atoms with Gasteiger partial charge in [-0.25, -0.2) is 0 Å². The Morgan fingerprint density at radius 3 is 2.81 bits per heavy atom. The van der Waals surface area contributed by atoms with E-state index in [1.807, 2.05) is 6.07 Å². The topological polar surface area (TPSA) is 73.8 Å². The van der Waals surface area contributed by atoms with Gasteiger partial charge in [0.1, 0.15) is 5.82 Å². The van der Waals surface area contributed by atoms with Gasteiger partial charge in [-0.15, -0.1) is 10.2 Å². The summed E-state index contributed by atoms with van der Waals surface area (Å²) in [6.45, 7) is 5.02. The number of hydrogen-bond donors (Lipinski definition) is 0. The minimum absolute atomic E-state index is 0.122. The first-order valence-electron chi connectivity index (χ1n) is 6.93. The first-order valence-corrected chi connectivity index (χ1v) is 7.92. The second kappa shape index (κ2) is 7.21. The van der Waals surface area contributed by atoms with Crippen molar-refractivity contribution in [3.8, 4) is 0 Å². The highest BCUT2D eigenvalue weighted by Gasteiger charge is 2.11. The van der Waals surface area contributed by atoms with Gasteiger partial charge in [0.05, 0.1) is 4.92 Å². The van der Waals surface area contributed by atoms with Crippen LogP contribution in [0.15, 0.2) is 29.4 Å². The van der Waals surface area contributed by atoms with Crippen molar-refractivity contribution in [2.45, 2.75) is 44.1 Å². The van der Waals surface area contributed by atoms with Gasteiger partial charge in [-0.05, 0) is 18.9 Å². The number of nitro groups is 1. The largest absolute Gasteiger partial charge is 0.306 e. The molecule has 0 unspecified atom stereocenters. The van der Waals surface area contributed by atoms with Crippen molar-refractivity contribution in [1.82, 2.24) is 14.8 Å². The van der Waals surface area contributed by atoms with Crippen LogP contribution in [0.3, 0.4) is 0 Å². The van der Waals surface area contributed by atoms with Crippen LogP contribution in [0.4, 0.5) is 5.69 Å². The van der Waals surface area contributed by atoms with Gasteiger partial charge >= 0.3 is 0 Å². The molecule has 6 nitrogen and oxygen atoms in total. The van der Waals surface area contributed by atoms with Crippen LogP contribution in [0, 0.1) is 10.1 Å². The summed E-state index contributed by atoms with van der Waals surface area (Å²) in [5.41, 5.74) is 1.04. The summed E-state index contributed by atoms with van der Waals surface area (Å²) >= 11 is 1.56. The zero-order chi connectivity index (χ0) is 15.2. The van der Waals surface area contributed by atoms with Gasteiger partial charge < -0.3 is 4.57 Å². The van der Waals surface area contributed by atoms with E-state index in [0.717, 1.165) is 35.9 Å². The van der Waals surface area contributed by atoms with Crippen molar-refractivity contribution in [3.63, 3.8) is 0 Å². The molecule has 0 radical (unpaired) electrons. The first-order chi connectivity index (χ1) is 10.2. The van der Waals surface area contributed by atoms with E-state index in [2.05, 4.69) is 28.6 Å². The van der Waals surface area contributed by atoms with E-state index in [-0.39, 0.29) is 10.6 Å². The summed E-state index contributed by atoms with van der Waals surface area (Å²) in [6.07, 6.45) is 1.95. The van der Waals surface area contributed by atoms with Crippen molar-refractivity contribution in [2.24, 2.45) is 0 Å². The van der Waals surface area contributed by atoms with Crippen LogP contribution < -0.4 is 0 Å². The highest BCUT2D eigenvalue weighted by molar-refractivity contribution is 7.98. The molecule has 0 saturated carbocycles. The highest BCUT2D eigenvalue weighted by Crippen LogP contribution is 2.24. The van der Waals surface area contributed by atoms with Gasteiger partial charge in [0.25, 0.3) is 5.69 Å². The lowest BCUT2D eigenvalue weighted by atomic mass is 10.2. The minimum atomic E-state index is -0.373. The maximum Gasteiger partial charge on any atom is 0.269 e. The second-order valence-corrected chi connectivity index (χ2v) is 5.55. The van der Waals surface area contributed by atoms with Crippen LogP contribution in [-0.4, -0.2) is 19.7 Å². The molecule has 112 valence electrons. The van der Waals surface area contributed by atoms with Gasteiger partial charge in [0.15, 0.2) is 5.16 Å². The van der Waals surface area contributed by atoms with E-state index >= 15 is 0 Å². The lowest BCUT2D eigenvalue weighted by molar-refractivity contribution is -0.384. The normalized spacial score (nSPS) is 10.8. The minimum Gasteiger partial charge on any atom is -0.306 e. The van der Waals surface area contributed by atoms with E-state index in [4.69, 9.17) is 0 Å². The fraction of sp³-hybridized carbons (Fsp3) is 0.429.